The maximum Gasteiger partial charge on any atom is 0.330 e. The van der Waals surface area contributed by atoms with Gasteiger partial charge in [0.1, 0.15) is 5.41 Å². The van der Waals surface area contributed by atoms with E-state index in [2.05, 4.69) is 5.32 Å². The molecule has 0 unspecified atom stereocenters. The lowest BCUT2D eigenvalue weighted by Gasteiger charge is -2.30. The van der Waals surface area contributed by atoms with Crippen molar-refractivity contribution in [2.75, 3.05) is 18.6 Å². The molecule has 1 spiro atoms. The first-order valence-electron chi connectivity index (χ1n) is 5.28. The Balaban J connectivity index is 2.04. The van der Waals surface area contributed by atoms with Crippen LogP contribution >= 0.6 is 11.8 Å². The van der Waals surface area contributed by atoms with Gasteiger partial charge in [0.05, 0.1) is 0 Å². The predicted molar refractivity (Wildman–Crippen MR) is 59.9 cm³/mol. The van der Waals surface area contributed by atoms with Crippen LogP contribution in [0.3, 0.4) is 0 Å². The molecule has 0 aromatic rings. The smallest absolute Gasteiger partial charge is 0.277 e. The van der Waals surface area contributed by atoms with E-state index >= 15 is 0 Å². The van der Waals surface area contributed by atoms with Gasteiger partial charge in [-0.2, -0.15) is 11.8 Å². The molecule has 5 nitrogen and oxygen atoms in total. The van der Waals surface area contributed by atoms with Gasteiger partial charge in [-0.05, 0) is 31.3 Å². The molecule has 0 radical (unpaired) electrons. The number of nitrogens with one attached hydrogen (secondary N) is 1. The van der Waals surface area contributed by atoms with Crippen LogP contribution in [-0.2, 0) is 9.59 Å². The number of thioether (sulfide) groups is 1. The van der Waals surface area contributed by atoms with Crippen LogP contribution in [-0.4, -0.2) is 41.3 Å². The molecule has 0 aromatic heterocycles. The minimum absolute atomic E-state index is 0.303. The lowest BCUT2D eigenvalue weighted by molar-refractivity contribution is -0.144. The fraction of sp³-hybridized carbons (Fsp3) is 0.700. The summed E-state index contributed by atoms with van der Waals surface area (Å²) < 4.78 is 0. The number of amides is 4. The third-order valence-corrected chi connectivity index (χ3v) is 3.73. The fourth-order valence-corrected chi connectivity index (χ4v) is 2.29. The second kappa shape index (κ2) is 4.08. The quantitative estimate of drug-likeness (QED) is 0.579. The molecule has 16 heavy (non-hydrogen) atoms. The summed E-state index contributed by atoms with van der Waals surface area (Å²) in [5, 5.41) is 2.26. The maximum atomic E-state index is 12.0. The minimum atomic E-state index is -0.896. The van der Waals surface area contributed by atoms with E-state index in [1.165, 1.54) is 4.90 Å². The Morgan fingerprint density at radius 3 is 2.62 bits per heavy atom. The van der Waals surface area contributed by atoms with Crippen molar-refractivity contribution in [3.63, 3.8) is 0 Å². The van der Waals surface area contributed by atoms with E-state index in [0.29, 0.717) is 19.4 Å². The number of rotatable bonds is 4. The van der Waals surface area contributed by atoms with Crippen LogP contribution in [0.2, 0.25) is 0 Å². The van der Waals surface area contributed by atoms with Crippen molar-refractivity contribution in [1.82, 2.24) is 10.2 Å². The average Bonchev–Trinajstić information content (AvgIpc) is 3.02. The average molecular weight is 242 g/mol. The number of urea groups is 1. The fourth-order valence-electron chi connectivity index (χ4n) is 1.87. The van der Waals surface area contributed by atoms with Gasteiger partial charge in [-0.3, -0.25) is 19.8 Å². The summed E-state index contributed by atoms with van der Waals surface area (Å²) in [7, 11) is 0. The summed E-state index contributed by atoms with van der Waals surface area (Å²) in [5.74, 6) is 0.184. The van der Waals surface area contributed by atoms with Gasteiger partial charge in [0.15, 0.2) is 0 Å². The molecule has 88 valence electrons. The van der Waals surface area contributed by atoms with Crippen molar-refractivity contribution < 1.29 is 14.4 Å². The predicted octanol–water partition coefficient (Wildman–Crippen LogP) is 0.598. The zero-order chi connectivity index (χ0) is 11.8. The Bertz CT molecular complexity index is 352. The number of carbonyl (C=O) groups excluding carboxylic acids is 3. The van der Waals surface area contributed by atoms with Crippen LogP contribution in [0.25, 0.3) is 0 Å². The van der Waals surface area contributed by atoms with Gasteiger partial charge in [0.2, 0.25) is 11.8 Å². The van der Waals surface area contributed by atoms with E-state index in [4.69, 9.17) is 0 Å². The molecule has 2 rings (SSSR count). The van der Waals surface area contributed by atoms with Crippen molar-refractivity contribution in [2.24, 2.45) is 5.41 Å². The van der Waals surface area contributed by atoms with Crippen LogP contribution in [0.4, 0.5) is 4.79 Å². The normalized spacial score (nSPS) is 22.6. The zero-order valence-corrected chi connectivity index (χ0v) is 9.93. The molecule has 1 heterocycles. The topological polar surface area (TPSA) is 66.5 Å². The van der Waals surface area contributed by atoms with Crippen molar-refractivity contribution in [3.8, 4) is 0 Å². The molecule has 1 aliphatic heterocycles. The van der Waals surface area contributed by atoms with Gasteiger partial charge in [-0.25, -0.2) is 4.79 Å². The highest BCUT2D eigenvalue weighted by molar-refractivity contribution is 7.98. The van der Waals surface area contributed by atoms with Gasteiger partial charge >= 0.3 is 6.03 Å². The highest BCUT2D eigenvalue weighted by Gasteiger charge is 2.61. The molecular formula is C10H14N2O3S. The van der Waals surface area contributed by atoms with E-state index < -0.39 is 17.4 Å². The van der Waals surface area contributed by atoms with Crippen molar-refractivity contribution in [2.45, 2.75) is 19.3 Å². The van der Waals surface area contributed by atoms with Crippen LogP contribution in [0.1, 0.15) is 19.3 Å². The summed E-state index contributed by atoms with van der Waals surface area (Å²) in [5.41, 5.74) is -0.896. The highest BCUT2D eigenvalue weighted by Crippen LogP contribution is 2.48. The van der Waals surface area contributed by atoms with E-state index in [9.17, 15) is 14.4 Å². The van der Waals surface area contributed by atoms with Crippen molar-refractivity contribution in [3.05, 3.63) is 0 Å². The van der Waals surface area contributed by atoms with Crippen LogP contribution < -0.4 is 5.32 Å². The van der Waals surface area contributed by atoms with Crippen LogP contribution in [0, 0.1) is 5.41 Å². The monoisotopic (exact) mass is 242 g/mol. The number of imide groups is 2. The standard InChI is InChI=1S/C10H14N2O3S/c1-16-6-2-5-12-8(14)10(3-4-10)7(13)11-9(12)15/h2-6H2,1H3,(H,11,13,15). The van der Waals surface area contributed by atoms with E-state index in [-0.39, 0.29) is 5.91 Å². The van der Waals surface area contributed by atoms with Gasteiger partial charge in [0, 0.05) is 6.54 Å². The SMILES string of the molecule is CSCCCN1C(=O)NC(=O)C2(CC2)C1=O. The van der Waals surface area contributed by atoms with E-state index in [1.807, 2.05) is 6.26 Å². The number of hydrogen-bond donors (Lipinski definition) is 1. The lowest BCUT2D eigenvalue weighted by atomic mass is 10.0. The summed E-state index contributed by atoms with van der Waals surface area (Å²) >= 11 is 1.67. The Kier molecular flexibility index (Phi) is 2.92. The van der Waals surface area contributed by atoms with Gasteiger partial charge in [-0.1, -0.05) is 0 Å². The van der Waals surface area contributed by atoms with Gasteiger partial charge in [0.25, 0.3) is 0 Å². The Morgan fingerprint density at radius 1 is 1.38 bits per heavy atom. The molecule has 2 fully saturated rings. The molecule has 2 aliphatic rings. The van der Waals surface area contributed by atoms with Crippen LogP contribution in [0.5, 0.6) is 0 Å². The van der Waals surface area contributed by atoms with Crippen molar-refractivity contribution >= 4 is 29.6 Å². The molecule has 1 aliphatic carbocycles. The first kappa shape index (κ1) is 11.4. The molecule has 6 heteroatoms. The minimum Gasteiger partial charge on any atom is -0.277 e. The third-order valence-electron chi connectivity index (χ3n) is 3.03. The molecule has 1 N–H and O–H groups in total. The molecule has 1 saturated heterocycles. The van der Waals surface area contributed by atoms with E-state index in [1.54, 1.807) is 11.8 Å². The summed E-state index contributed by atoms with van der Waals surface area (Å²) in [6.45, 7) is 0.403. The number of carbonyl (C=O) groups is 3. The molecule has 1 saturated carbocycles. The Morgan fingerprint density at radius 2 is 2.06 bits per heavy atom. The summed E-state index contributed by atoms with van der Waals surface area (Å²) in [6, 6.07) is -0.561. The molecular weight excluding hydrogens is 228 g/mol. The third kappa shape index (κ3) is 1.71. The second-order valence-electron chi connectivity index (χ2n) is 4.14. The van der Waals surface area contributed by atoms with Crippen molar-refractivity contribution in [1.29, 1.82) is 0 Å². The molecule has 4 amide bonds. The lowest BCUT2D eigenvalue weighted by Crippen LogP contribution is -2.59. The largest absolute Gasteiger partial charge is 0.330 e. The van der Waals surface area contributed by atoms with Gasteiger partial charge < -0.3 is 0 Å². The van der Waals surface area contributed by atoms with Crippen LogP contribution in [0.15, 0.2) is 0 Å². The number of nitrogens with zero attached hydrogens (tertiary/aromatic N) is 1. The summed E-state index contributed by atoms with van der Waals surface area (Å²) in [4.78, 5) is 36.1. The number of hydrogen-bond acceptors (Lipinski definition) is 4. The first-order valence-corrected chi connectivity index (χ1v) is 6.67. The number of barbiturate groups is 1. The first-order chi connectivity index (χ1) is 7.62. The Labute approximate surface area is 97.9 Å². The maximum absolute atomic E-state index is 12.0. The molecule has 0 atom stereocenters. The van der Waals surface area contributed by atoms with E-state index in [0.717, 1.165) is 12.2 Å². The molecule has 0 bridgehead atoms. The molecule has 0 aromatic carbocycles. The Hall–Kier alpha value is -1.04. The highest BCUT2D eigenvalue weighted by atomic mass is 32.2. The van der Waals surface area contributed by atoms with Gasteiger partial charge in [-0.15, -0.1) is 0 Å². The second-order valence-corrected chi connectivity index (χ2v) is 5.13. The summed E-state index contributed by atoms with van der Waals surface area (Å²) in [6.07, 6.45) is 3.89. The zero-order valence-electron chi connectivity index (χ0n) is 9.12.